The standard InChI is InChI=1S/C7H2ClF6N/c8-3-1-2-4(6(9,10)11)15-5(3)7(12,13)14/h1-2H. The van der Waals surface area contributed by atoms with E-state index in [4.69, 9.17) is 11.6 Å². The van der Waals surface area contributed by atoms with Crippen LogP contribution in [0.2, 0.25) is 5.02 Å². The lowest BCUT2D eigenvalue weighted by atomic mass is 10.3. The SMILES string of the molecule is FC(F)(F)c1ccc(Cl)c(C(F)(F)F)n1. The summed E-state index contributed by atoms with van der Waals surface area (Å²) in [5.74, 6) is 0. The van der Waals surface area contributed by atoms with E-state index in [2.05, 4.69) is 4.98 Å². The smallest absolute Gasteiger partial charge is 0.237 e. The minimum Gasteiger partial charge on any atom is -0.237 e. The highest BCUT2D eigenvalue weighted by molar-refractivity contribution is 6.31. The van der Waals surface area contributed by atoms with Crippen molar-refractivity contribution in [3.8, 4) is 0 Å². The van der Waals surface area contributed by atoms with E-state index in [-0.39, 0.29) is 0 Å². The number of aromatic nitrogens is 1. The van der Waals surface area contributed by atoms with Gasteiger partial charge in [-0.05, 0) is 12.1 Å². The van der Waals surface area contributed by atoms with Crippen LogP contribution in [0.1, 0.15) is 11.4 Å². The molecule has 0 saturated heterocycles. The molecule has 8 heteroatoms. The van der Waals surface area contributed by atoms with E-state index in [1.807, 2.05) is 0 Å². The summed E-state index contributed by atoms with van der Waals surface area (Å²) in [4.78, 5) is 2.43. The second kappa shape index (κ2) is 3.55. The maximum absolute atomic E-state index is 12.1. The quantitative estimate of drug-likeness (QED) is 0.638. The number of nitrogens with zero attached hydrogens (tertiary/aromatic N) is 1. The van der Waals surface area contributed by atoms with Crippen LogP contribution in [0, 0.1) is 0 Å². The molecule has 0 N–H and O–H groups in total. The first-order valence-corrected chi connectivity index (χ1v) is 3.81. The van der Waals surface area contributed by atoms with Crippen molar-refractivity contribution in [1.82, 2.24) is 4.98 Å². The summed E-state index contributed by atoms with van der Waals surface area (Å²) in [6.45, 7) is 0. The number of halogens is 7. The minimum absolute atomic E-state index is 0.386. The van der Waals surface area contributed by atoms with E-state index in [0.717, 1.165) is 0 Å². The van der Waals surface area contributed by atoms with Crippen molar-refractivity contribution in [2.45, 2.75) is 12.4 Å². The van der Waals surface area contributed by atoms with Crippen molar-refractivity contribution in [1.29, 1.82) is 0 Å². The highest BCUT2D eigenvalue weighted by atomic mass is 35.5. The van der Waals surface area contributed by atoms with Crippen molar-refractivity contribution in [2.24, 2.45) is 0 Å². The molecule has 0 amide bonds. The highest BCUT2D eigenvalue weighted by Crippen LogP contribution is 2.36. The van der Waals surface area contributed by atoms with Gasteiger partial charge in [-0.25, -0.2) is 4.98 Å². The molecule has 1 nitrogen and oxygen atoms in total. The average Bonchev–Trinajstić information content (AvgIpc) is 2.00. The first-order chi connectivity index (χ1) is 6.62. The molecular weight excluding hydrogens is 248 g/mol. The lowest BCUT2D eigenvalue weighted by Gasteiger charge is -2.11. The van der Waals surface area contributed by atoms with Gasteiger partial charge < -0.3 is 0 Å². The number of hydrogen-bond donors (Lipinski definition) is 0. The molecule has 0 unspecified atom stereocenters. The van der Waals surface area contributed by atoms with Crippen molar-refractivity contribution in [3.05, 3.63) is 28.5 Å². The van der Waals surface area contributed by atoms with Gasteiger partial charge in [-0.1, -0.05) is 11.6 Å². The van der Waals surface area contributed by atoms with E-state index in [0.29, 0.717) is 12.1 Å². The van der Waals surface area contributed by atoms with Gasteiger partial charge in [-0.2, -0.15) is 26.3 Å². The fraction of sp³-hybridized carbons (Fsp3) is 0.286. The van der Waals surface area contributed by atoms with Crippen LogP contribution < -0.4 is 0 Å². The molecule has 0 aliphatic rings. The molecule has 1 rings (SSSR count). The monoisotopic (exact) mass is 249 g/mol. The van der Waals surface area contributed by atoms with Gasteiger partial charge in [0.25, 0.3) is 0 Å². The Morgan fingerprint density at radius 3 is 1.87 bits per heavy atom. The van der Waals surface area contributed by atoms with Crippen molar-refractivity contribution in [2.75, 3.05) is 0 Å². The number of pyridine rings is 1. The summed E-state index contributed by atoms with van der Waals surface area (Å²) >= 11 is 5.08. The third kappa shape index (κ3) is 2.74. The van der Waals surface area contributed by atoms with Crippen LogP contribution in [-0.4, -0.2) is 4.98 Å². The fourth-order valence-corrected chi connectivity index (χ4v) is 1.01. The van der Waals surface area contributed by atoms with Crippen LogP contribution in [0.3, 0.4) is 0 Å². The summed E-state index contributed by atoms with van der Waals surface area (Å²) in [5.41, 5.74) is -3.36. The normalized spacial score (nSPS) is 13.0. The third-order valence-corrected chi connectivity index (χ3v) is 1.71. The molecule has 84 valence electrons. The van der Waals surface area contributed by atoms with E-state index in [1.165, 1.54) is 0 Å². The Kier molecular flexibility index (Phi) is 2.86. The van der Waals surface area contributed by atoms with Gasteiger partial charge in [-0.15, -0.1) is 0 Å². The molecule has 1 aromatic rings. The zero-order valence-electron chi connectivity index (χ0n) is 6.75. The summed E-state index contributed by atoms with van der Waals surface area (Å²) < 4.78 is 72.4. The van der Waals surface area contributed by atoms with E-state index >= 15 is 0 Å². The maximum atomic E-state index is 12.1. The Morgan fingerprint density at radius 2 is 1.47 bits per heavy atom. The molecule has 0 radical (unpaired) electrons. The van der Waals surface area contributed by atoms with Crippen LogP contribution in [0.25, 0.3) is 0 Å². The molecule has 1 aromatic heterocycles. The van der Waals surface area contributed by atoms with Crippen LogP contribution in [-0.2, 0) is 12.4 Å². The predicted octanol–water partition coefficient (Wildman–Crippen LogP) is 3.77. The van der Waals surface area contributed by atoms with Gasteiger partial charge in [0.2, 0.25) is 0 Å². The molecule has 15 heavy (non-hydrogen) atoms. The molecule has 0 aliphatic heterocycles. The maximum Gasteiger partial charge on any atom is 0.434 e. The van der Waals surface area contributed by atoms with E-state index in [9.17, 15) is 26.3 Å². The zero-order chi connectivity index (χ0) is 11.9. The fourth-order valence-electron chi connectivity index (χ4n) is 0.799. The number of rotatable bonds is 0. The average molecular weight is 250 g/mol. The largest absolute Gasteiger partial charge is 0.434 e. The van der Waals surface area contributed by atoms with Crippen molar-refractivity contribution >= 4 is 11.6 Å². The predicted molar refractivity (Wildman–Crippen MR) is 39.3 cm³/mol. The lowest BCUT2D eigenvalue weighted by molar-refractivity contribution is -0.150. The molecule has 0 bridgehead atoms. The van der Waals surface area contributed by atoms with Crippen molar-refractivity contribution in [3.63, 3.8) is 0 Å². The highest BCUT2D eigenvalue weighted by Gasteiger charge is 2.39. The second-order valence-electron chi connectivity index (χ2n) is 2.52. The van der Waals surface area contributed by atoms with Gasteiger partial charge in [0.1, 0.15) is 5.69 Å². The van der Waals surface area contributed by atoms with Crippen LogP contribution in [0.5, 0.6) is 0 Å². The Hall–Kier alpha value is -0.980. The molecule has 0 fully saturated rings. The zero-order valence-corrected chi connectivity index (χ0v) is 7.50. The van der Waals surface area contributed by atoms with Gasteiger partial charge >= 0.3 is 12.4 Å². The lowest BCUT2D eigenvalue weighted by Crippen LogP contribution is -2.15. The Balaban J connectivity index is 3.30. The van der Waals surface area contributed by atoms with Crippen LogP contribution >= 0.6 is 11.6 Å². The summed E-state index contributed by atoms with van der Waals surface area (Å²) in [6.07, 6.45) is -9.93. The first-order valence-electron chi connectivity index (χ1n) is 3.43. The summed E-state index contributed by atoms with van der Waals surface area (Å²) in [6, 6.07) is 0.901. The van der Waals surface area contributed by atoms with Gasteiger partial charge in [0, 0.05) is 0 Å². The van der Waals surface area contributed by atoms with Gasteiger partial charge in [0.15, 0.2) is 5.69 Å². The second-order valence-corrected chi connectivity index (χ2v) is 2.93. The van der Waals surface area contributed by atoms with E-state index < -0.39 is 28.8 Å². The van der Waals surface area contributed by atoms with Gasteiger partial charge in [-0.3, -0.25) is 0 Å². The molecule has 0 aromatic carbocycles. The minimum atomic E-state index is -5.00. The Bertz CT molecular complexity index is 369. The molecule has 0 saturated carbocycles. The van der Waals surface area contributed by atoms with Crippen molar-refractivity contribution < 1.29 is 26.3 Å². The molecule has 0 spiro atoms. The Morgan fingerprint density at radius 1 is 0.933 bits per heavy atom. The molecule has 0 atom stereocenters. The van der Waals surface area contributed by atoms with Crippen LogP contribution in [0.15, 0.2) is 12.1 Å². The molecule has 1 heterocycles. The van der Waals surface area contributed by atoms with Gasteiger partial charge in [0.05, 0.1) is 5.02 Å². The Labute approximate surface area is 84.7 Å². The summed E-state index contributed by atoms with van der Waals surface area (Å²) in [7, 11) is 0. The summed E-state index contributed by atoms with van der Waals surface area (Å²) in [5, 5.41) is -0.865. The third-order valence-electron chi connectivity index (χ3n) is 1.40. The topological polar surface area (TPSA) is 12.9 Å². The molecular formula is C7H2ClF6N. The number of alkyl halides is 6. The number of hydrogen-bond acceptors (Lipinski definition) is 1. The first kappa shape index (κ1) is 12.1. The van der Waals surface area contributed by atoms with Crippen LogP contribution in [0.4, 0.5) is 26.3 Å². The van der Waals surface area contributed by atoms with E-state index in [1.54, 1.807) is 0 Å². The molecule has 0 aliphatic carbocycles.